The molecule has 30 heavy (non-hydrogen) atoms. The van der Waals surface area contributed by atoms with Gasteiger partial charge < -0.3 is 20.1 Å². The zero-order chi connectivity index (χ0) is 21.1. The molecule has 2 rings (SSSR count). The third kappa shape index (κ3) is 10.2. The lowest BCUT2D eigenvalue weighted by atomic mass is 10.0. The van der Waals surface area contributed by atoms with Crippen molar-refractivity contribution in [3.05, 3.63) is 29.8 Å². The fourth-order valence-corrected chi connectivity index (χ4v) is 3.37. The summed E-state index contributed by atoms with van der Waals surface area (Å²) < 4.78 is 35.2. The van der Waals surface area contributed by atoms with Gasteiger partial charge in [-0.25, -0.2) is 8.78 Å². The maximum absolute atomic E-state index is 12.3. The average Bonchev–Trinajstić information content (AvgIpc) is 2.72. The van der Waals surface area contributed by atoms with Crippen LogP contribution in [0.15, 0.2) is 29.3 Å². The smallest absolute Gasteiger partial charge is 0.272 e. The van der Waals surface area contributed by atoms with Crippen molar-refractivity contribution in [2.75, 3.05) is 46.5 Å². The summed E-state index contributed by atoms with van der Waals surface area (Å²) in [4.78, 5) is 6.78. The summed E-state index contributed by atoms with van der Waals surface area (Å²) >= 11 is 0. The van der Waals surface area contributed by atoms with Gasteiger partial charge in [0.1, 0.15) is 12.4 Å². The van der Waals surface area contributed by atoms with Crippen molar-refractivity contribution in [1.82, 2.24) is 15.5 Å². The van der Waals surface area contributed by atoms with E-state index in [1.54, 1.807) is 25.2 Å². The minimum absolute atomic E-state index is 0. The van der Waals surface area contributed by atoms with E-state index < -0.39 is 13.0 Å². The Kier molecular flexibility index (Phi) is 13.2. The Bertz CT molecular complexity index is 629. The molecule has 1 aromatic carbocycles. The van der Waals surface area contributed by atoms with E-state index in [1.807, 2.05) is 6.07 Å². The van der Waals surface area contributed by atoms with Gasteiger partial charge in [0, 0.05) is 39.3 Å². The number of benzene rings is 1. The van der Waals surface area contributed by atoms with Crippen molar-refractivity contribution in [3.8, 4) is 5.75 Å². The predicted molar refractivity (Wildman–Crippen MR) is 127 cm³/mol. The van der Waals surface area contributed by atoms with E-state index in [9.17, 15) is 8.78 Å². The van der Waals surface area contributed by atoms with E-state index in [4.69, 9.17) is 9.47 Å². The Labute approximate surface area is 195 Å². The van der Waals surface area contributed by atoms with Crippen LogP contribution in [0.3, 0.4) is 0 Å². The Balaban J connectivity index is 0.00000450. The van der Waals surface area contributed by atoms with Crippen LogP contribution in [0.2, 0.25) is 0 Å². The number of nitrogens with zero attached hydrogens (tertiary/aromatic N) is 2. The zero-order valence-corrected chi connectivity index (χ0v) is 20.4. The molecule has 0 radical (unpaired) electrons. The maximum atomic E-state index is 12.3. The number of halogens is 3. The lowest BCUT2D eigenvalue weighted by Gasteiger charge is -2.35. The zero-order valence-electron chi connectivity index (χ0n) is 18.1. The number of nitrogens with one attached hydrogen (secondary N) is 2. The Hall–Kier alpha value is -1.20. The van der Waals surface area contributed by atoms with Crippen LogP contribution in [-0.2, 0) is 11.3 Å². The van der Waals surface area contributed by atoms with Crippen molar-refractivity contribution in [1.29, 1.82) is 0 Å². The van der Waals surface area contributed by atoms with Gasteiger partial charge >= 0.3 is 0 Å². The van der Waals surface area contributed by atoms with Crippen molar-refractivity contribution in [2.24, 2.45) is 10.9 Å². The quantitative estimate of drug-likeness (QED) is 0.271. The van der Waals surface area contributed by atoms with E-state index >= 15 is 0 Å². The molecule has 1 atom stereocenters. The summed E-state index contributed by atoms with van der Waals surface area (Å²) in [7, 11) is 1.74. The van der Waals surface area contributed by atoms with Gasteiger partial charge in [0.2, 0.25) is 0 Å². The highest BCUT2D eigenvalue weighted by molar-refractivity contribution is 14.0. The topological polar surface area (TPSA) is 58.1 Å². The maximum Gasteiger partial charge on any atom is 0.272 e. The molecule has 0 aromatic heterocycles. The summed E-state index contributed by atoms with van der Waals surface area (Å²) in [5.74, 6) is 1.76. The Morgan fingerprint density at radius 1 is 1.23 bits per heavy atom. The van der Waals surface area contributed by atoms with Gasteiger partial charge in [-0.3, -0.25) is 9.89 Å². The van der Waals surface area contributed by atoms with Gasteiger partial charge in [-0.2, -0.15) is 0 Å². The summed E-state index contributed by atoms with van der Waals surface area (Å²) in [6.45, 7) is 8.68. The second-order valence-electron chi connectivity index (χ2n) is 7.59. The van der Waals surface area contributed by atoms with E-state index in [1.165, 1.54) is 0 Å². The van der Waals surface area contributed by atoms with Crippen LogP contribution in [0.5, 0.6) is 5.75 Å². The first-order chi connectivity index (χ1) is 14.0. The molecule has 1 aliphatic rings. The SMILES string of the molecule is CN=C(NCc1cccc(OCC(F)F)c1)NCC(CC(C)C)N1CCOCC1.I. The Morgan fingerprint density at radius 3 is 2.60 bits per heavy atom. The van der Waals surface area contributed by atoms with Crippen molar-refractivity contribution in [2.45, 2.75) is 39.3 Å². The van der Waals surface area contributed by atoms with Gasteiger partial charge in [0.15, 0.2) is 5.96 Å². The molecule has 6 nitrogen and oxygen atoms in total. The van der Waals surface area contributed by atoms with Crippen LogP contribution in [0.4, 0.5) is 8.78 Å². The van der Waals surface area contributed by atoms with Crippen LogP contribution >= 0.6 is 24.0 Å². The number of alkyl halides is 2. The summed E-state index contributed by atoms with van der Waals surface area (Å²) in [5.41, 5.74) is 0.937. The molecule has 172 valence electrons. The van der Waals surface area contributed by atoms with E-state index in [0.29, 0.717) is 30.2 Å². The molecule has 0 spiro atoms. The predicted octanol–water partition coefficient (Wildman–Crippen LogP) is 3.36. The fourth-order valence-electron chi connectivity index (χ4n) is 3.37. The number of guanidine groups is 1. The third-order valence-corrected chi connectivity index (χ3v) is 4.77. The average molecular weight is 540 g/mol. The molecule has 1 unspecified atom stereocenters. The van der Waals surface area contributed by atoms with Crippen LogP contribution < -0.4 is 15.4 Å². The van der Waals surface area contributed by atoms with Crippen LogP contribution in [0, 0.1) is 5.92 Å². The summed E-state index contributed by atoms with van der Waals surface area (Å²) in [6.07, 6.45) is -1.38. The molecule has 1 fully saturated rings. The number of morpholine rings is 1. The molecule has 1 aliphatic heterocycles. The number of aliphatic imine (C=N–C) groups is 1. The first-order valence-electron chi connectivity index (χ1n) is 10.2. The van der Waals surface area contributed by atoms with Gasteiger partial charge in [0.05, 0.1) is 13.2 Å². The molecule has 0 saturated carbocycles. The number of ether oxygens (including phenoxy) is 2. The van der Waals surface area contributed by atoms with Crippen molar-refractivity contribution < 1.29 is 18.3 Å². The lowest BCUT2D eigenvalue weighted by molar-refractivity contribution is 0.0132. The van der Waals surface area contributed by atoms with Crippen LogP contribution in [-0.4, -0.2) is 69.8 Å². The monoisotopic (exact) mass is 540 g/mol. The van der Waals surface area contributed by atoms with E-state index in [-0.39, 0.29) is 24.0 Å². The minimum Gasteiger partial charge on any atom is -0.488 e. The third-order valence-electron chi connectivity index (χ3n) is 4.77. The minimum atomic E-state index is -2.48. The van der Waals surface area contributed by atoms with Crippen molar-refractivity contribution >= 4 is 29.9 Å². The Morgan fingerprint density at radius 2 is 1.97 bits per heavy atom. The molecule has 1 heterocycles. The van der Waals surface area contributed by atoms with Crippen LogP contribution in [0.1, 0.15) is 25.8 Å². The van der Waals surface area contributed by atoms with Crippen molar-refractivity contribution in [3.63, 3.8) is 0 Å². The van der Waals surface area contributed by atoms with E-state index in [2.05, 4.69) is 34.4 Å². The summed E-state index contributed by atoms with van der Waals surface area (Å²) in [6, 6.07) is 7.58. The largest absolute Gasteiger partial charge is 0.488 e. The number of hydrogen-bond acceptors (Lipinski definition) is 4. The molecule has 1 aromatic rings. The number of hydrogen-bond donors (Lipinski definition) is 2. The normalized spacial score (nSPS) is 16.3. The first kappa shape index (κ1) is 26.8. The second-order valence-corrected chi connectivity index (χ2v) is 7.59. The van der Waals surface area contributed by atoms with Gasteiger partial charge in [-0.05, 0) is 30.0 Å². The highest BCUT2D eigenvalue weighted by atomic mass is 127. The first-order valence-corrected chi connectivity index (χ1v) is 10.2. The molecule has 0 bridgehead atoms. The highest BCUT2D eigenvalue weighted by Gasteiger charge is 2.22. The van der Waals surface area contributed by atoms with Crippen LogP contribution in [0.25, 0.3) is 0 Å². The lowest BCUT2D eigenvalue weighted by Crippen LogP contribution is -2.50. The number of rotatable bonds is 10. The molecule has 1 saturated heterocycles. The van der Waals surface area contributed by atoms with Gasteiger partial charge in [-0.1, -0.05) is 26.0 Å². The molecule has 0 amide bonds. The summed E-state index contributed by atoms with van der Waals surface area (Å²) in [5, 5.41) is 6.70. The molecular formula is C21H35F2IN4O2. The van der Waals surface area contributed by atoms with E-state index in [0.717, 1.165) is 44.8 Å². The molecular weight excluding hydrogens is 505 g/mol. The fraction of sp³-hybridized carbons (Fsp3) is 0.667. The standard InChI is InChI=1S/C21H34F2N4O2.HI/c1-16(2)11-18(27-7-9-28-10-8-27)14-26-21(24-3)25-13-17-5-4-6-19(12-17)29-15-20(22)23;/h4-6,12,16,18,20H,7-11,13-15H2,1-3H3,(H2,24,25,26);1H. The highest BCUT2D eigenvalue weighted by Crippen LogP contribution is 2.15. The van der Waals surface area contributed by atoms with Gasteiger partial charge in [0.25, 0.3) is 6.43 Å². The molecule has 9 heteroatoms. The van der Waals surface area contributed by atoms with Gasteiger partial charge in [-0.15, -0.1) is 24.0 Å². The second kappa shape index (κ2) is 14.7. The molecule has 2 N–H and O–H groups in total. The molecule has 0 aliphatic carbocycles.